The Labute approximate surface area is 199 Å². The number of nitrogens with one attached hydrogen (secondary N) is 1. The lowest BCUT2D eigenvalue weighted by atomic mass is 10.1. The van der Waals surface area contributed by atoms with Crippen LogP contribution in [-0.2, 0) is 0 Å². The molecule has 0 radical (unpaired) electrons. The van der Waals surface area contributed by atoms with Crippen LogP contribution >= 0.6 is 11.3 Å². The fourth-order valence-corrected chi connectivity index (χ4v) is 3.53. The molecule has 4 rings (SSSR count). The Bertz CT molecular complexity index is 1380. The second kappa shape index (κ2) is 10.2. The third-order valence-corrected chi connectivity index (χ3v) is 5.32. The molecule has 0 saturated heterocycles. The molecule has 4 aromatic rings. The van der Waals surface area contributed by atoms with Gasteiger partial charge in [-0.15, -0.1) is 11.3 Å². The lowest BCUT2D eigenvalue weighted by Gasteiger charge is -2.10. The number of thiophene rings is 1. The average Bonchev–Trinajstić information content (AvgIpc) is 3.39. The molecule has 9 nitrogen and oxygen atoms in total. The van der Waals surface area contributed by atoms with Crippen molar-refractivity contribution in [1.82, 2.24) is 15.0 Å². The van der Waals surface area contributed by atoms with E-state index in [1.807, 2.05) is 30.3 Å². The standard InChI is InChI=1S/C24H18N6O3S/c1-32-19-13-15(9-10-18(19)33-22(31)20-8-5-11-34-20)12-16(14-25)21-28-23(26)30-24(29-21)27-17-6-3-2-4-7-17/h2-13H,1H3,(H3,26,27,28,29,30)/b16-12+. The van der Waals surface area contributed by atoms with Crippen LogP contribution in [0, 0.1) is 11.3 Å². The highest BCUT2D eigenvalue weighted by atomic mass is 32.1. The Morgan fingerprint density at radius 3 is 2.62 bits per heavy atom. The summed E-state index contributed by atoms with van der Waals surface area (Å²) in [5, 5.41) is 14.6. The Kier molecular flexibility index (Phi) is 6.76. The number of benzene rings is 2. The molecule has 10 heteroatoms. The number of esters is 1. The van der Waals surface area contributed by atoms with Crippen LogP contribution in [0.1, 0.15) is 21.1 Å². The minimum absolute atomic E-state index is 0.0296. The van der Waals surface area contributed by atoms with Gasteiger partial charge in [-0.3, -0.25) is 0 Å². The fourth-order valence-electron chi connectivity index (χ4n) is 2.94. The first-order valence-electron chi connectivity index (χ1n) is 9.95. The summed E-state index contributed by atoms with van der Waals surface area (Å²) in [5.74, 6) is 0.406. The molecule has 3 N–H and O–H groups in total. The van der Waals surface area contributed by atoms with Gasteiger partial charge in [-0.1, -0.05) is 30.3 Å². The van der Waals surface area contributed by atoms with E-state index in [9.17, 15) is 10.1 Å². The molecule has 0 bridgehead atoms. The van der Waals surface area contributed by atoms with E-state index in [1.54, 1.807) is 41.8 Å². The molecule has 0 unspecified atom stereocenters. The zero-order valence-electron chi connectivity index (χ0n) is 17.9. The molecule has 0 aliphatic carbocycles. The van der Waals surface area contributed by atoms with Crippen LogP contribution in [0.25, 0.3) is 11.6 Å². The lowest BCUT2D eigenvalue weighted by Crippen LogP contribution is -2.07. The van der Waals surface area contributed by atoms with Crippen LogP contribution in [0.2, 0.25) is 0 Å². The number of nitrogen functional groups attached to an aromatic ring is 1. The lowest BCUT2D eigenvalue weighted by molar-refractivity contribution is 0.0735. The number of carbonyl (C=O) groups is 1. The number of methoxy groups -OCH3 is 1. The molecular formula is C24H18N6O3S. The molecule has 2 aromatic carbocycles. The summed E-state index contributed by atoms with van der Waals surface area (Å²) < 4.78 is 10.8. The summed E-state index contributed by atoms with van der Waals surface area (Å²) >= 11 is 1.28. The molecular weight excluding hydrogens is 452 g/mol. The highest BCUT2D eigenvalue weighted by Gasteiger charge is 2.15. The number of nitrogens with two attached hydrogens (primary N) is 1. The van der Waals surface area contributed by atoms with Crippen molar-refractivity contribution in [2.45, 2.75) is 0 Å². The number of anilines is 3. The number of allylic oxidation sites excluding steroid dienone is 1. The summed E-state index contributed by atoms with van der Waals surface area (Å²) in [6.45, 7) is 0. The van der Waals surface area contributed by atoms with Crippen molar-refractivity contribution in [3.05, 3.63) is 82.3 Å². The average molecular weight is 471 g/mol. The molecule has 0 aliphatic heterocycles. The van der Waals surface area contributed by atoms with Gasteiger partial charge in [0.05, 0.1) is 12.7 Å². The Morgan fingerprint density at radius 2 is 1.91 bits per heavy atom. The molecule has 0 fully saturated rings. The number of ether oxygens (including phenoxy) is 2. The quantitative estimate of drug-likeness (QED) is 0.226. The van der Waals surface area contributed by atoms with Gasteiger partial charge in [0.2, 0.25) is 11.9 Å². The van der Waals surface area contributed by atoms with Crippen molar-refractivity contribution in [3.63, 3.8) is 0 Å². The van der Waals surface area contributed by atoms with Gasteiger partial charge in [-0.2, -0.15) is 20.2 Å². The number of nitriles is 1. The first-order chi connectivity index (χ1) is 16.6. The molecule has 0 atom stereocenters. The van der Waals surface area contributed by atoms with Crippen LogP contribution in [-0.4, -0.2) is 28.0 Å². The molecule has 0 spiro atoms. The normalized spacial score (nSPS) is 10.9. The van der Waals surface area contributed by atoms with Crippen molar-refractivity contribution in [2.24, 2.45) is 0 Å². The maximum Gasteiger partial charge on any atom is 0.353 e. The van der Waals surface area contributed by atoms with E-state index in [-0.39, 0.29) is 29.0 Å². The zero-order chi connectivity index (χ0) is 23.9. The van der Waals surface area contributed by atoms with Crippen molar-refractivity contribution < 1.29 is 14.3 Å². The van der Waals surface area contributed by atoms with E-state index in [0.717, 1.165) is 5.69 Å². The van der Waals surface area contributed by atoms with Crippen molar-refractivity contribution in [1.29, 1.82) is 5.26 Å². The summed E-state index contributed by atoms with van der Waals surface area (Å²) in [5.41, 5.74) is 7.38. The largest absolute Gasteiger partial charge is 0.493 e. The maximum atomic E-state index is 12.3. The number of nitrogens with zero attached hydrogens (tertiary/aromatic N) is 4. The Balaban J connectivity index is 1.61. The topological polar surface area (TPSA) is 136 Å². The summed E-state index contributed by atoms with van der Waals surface area (Å²) in [6, 6.07) is 19.8. The molecule has 0 saturated carbocycles. The van der Waals surface area contributed by atoms with E-state index in [0.29, 0.717) is 16.2 Å². The van der Waals surface area contributed by atoms with E-state index in [1.165, 1.54) is 18.4 Å². The van der Waals surface area contributed by atoms with E-state index in [4.69, 9.17) is 15.2 Å². The number of rotatable bonds is 7. The van der Waals surface area contributed by atoms with Crippen molar-refractivity contribution in [2.75, 3.05) is 18.2 Å². The first-order valence-corrected chi connectivity index (χ1v) is 10.8. The van der Waals surface area contributed by atoms with Gasteiger partial charge in [0.15, 0.2) is 17.3 Å². The van der Waals surface area contributed by atoms with Gasteiger partial charge in [-0.25, -0.2) is 4.79 Å². The van der Waals surface area contributed by atoms with Gasteiger partial charge >= 0.3 is 5.97 Å². The van der Waals surface area contributed by atoms with Crippen LogP contribution < -0.4 is 20.5 Å². The number of aromatic nitrogens is 3. The van der Waals surface area contributed by atoms with Crippen molar-refractivity contribution >= 4 is 46.5 Å². The molecule has 168 valence electrons. The van der Waals surface area contributed by atoms with E-state index >= 15 is 0 Å². The fraction of sp³-hybridized carbons (Fsp3) is 0.0417. The van der Waals surface area contributed by atoms with Crippen LogP contribution in [0.15, 0.2) is 66.0 Å². The molecule has 34 heavy (non-hydrogen) atoms. The SMILES string of the molecule is COc1cc(/C=C(\C#N)c2nc(N)nc(Nc3ccccc3)n2)ccc1OC(=O)c1cccs1. The highest BCUT2D eigenvalue weighted by Crippen LogP contribution is 2.31. The third kappa shape index (κ3) is 5.35. The first kappa shape index (κ1) is 22.4. The van der Waals surface area contributed by atoms with Crippen LogP contribution in [0.4, 0.5) is 17.6 Å². The predicted molar refractivity (Wildman–Crippen MR) is 130 cm³/mol. The van der Waals surface area contributed by atoms with Gasteiger partial charge in [-0.05, 0) is 47.4 Å². The highest BCUT2D eigenvalue weighted by molar-refractivity contribution is 7.12. The molecule has 0 aliphatic rings. The van der Waals surface area contributed by atoms with E-state index < -0.39 is 5.97 Å². The van der Waals surface area contributed by atoms with Gasteiger partial charge < -0.3 is 20.5 Å². The minimum atomic E-state index is -0.478. The monoisotopic (exact) mass is 470 g/mol. The second-order valence-corrected chi connectivity index (χ2v) is 7.73. The molecule has 0 amide bonds. The number of para-hydroxylation sites is 1. The Morgan fingerprint density at radius 1 is 1.09 bits per heavy atom. The van der Waals surface area contributed by atoms with Crippen LogP contribution in [0.3, 0.4) is 0 Å². The van der Waals surface area contributed by atoms with E-state index in [2.05, 4.69) is 26.3 Å². The minimum Gasteiger partial charge on any atom is -0.493 e. The number of hydrogen-bond donors (Lipinski definition) is 2. The number of carbonyl (C=O) groups excluding carboxylic acids is 1. The van der Waals surface area contributed by atoms with Crippen LogP contribution in [0.5, 0.6) is 11.5 Å². The predicted octanol–water partition coefficient (Wildman–Crippen LogP) is 4.55. The molecule has 2 aromatic heterocycles. The number of hydrogen-bond acceptors (Lipinski definition) is 10. The summed E-state index contributed by atoms with van der Waals surface area (Å²) in [7, 11) is 1.46. The second-order valence-electron chi connectivity index (χ2n) is 6.78. The summed E-state index contributed by atoms with van der Waals surface area (Å²) in [4.78, 5) is 25.2. The Hall–Kier alpha value is -4.75. The van der Waals surface area contributed by atoms with Crippen molar-refractivity contribution in [3.8, 4) is 17.6 Å². The summed E-state index contributed by atoms with van der Waals surface area (Å²) in [6.07, 6.45) is 1.58. The smallest absolute Gasteiger partial charge is 0.353 e. The third-order valence-electron chi connectivity index (χ3n) is 4.47. The van der Waals surface area contributed by atoms with Gasteiger partial charge in [0, 0.05) is 5.69 Å². The maximum absolute atomic E-state index is 12.3. The van der Waals surface area contributed by atoms with Gasteiger partial charge in [0.25, 0.3) is 0 Å². The zero-order valence-corrected chi connectivity index (χ0v) is 18.7. The molecule has 2 heterocycles. The van der Waals surface area contributed by atoms with Gasteiger partial charge in [0.1, 0.15) is 10.9 Å².